The van der Waals surface area contributed by atoms with Gasteiger partial charge in [0.25, 0.3) is 0 Å². The lowest BCUT2D eigenvalue weighted by Crippen LogP contribution is -2.59. The Morgan fingerprint density at radius 2 is 2.19 bits per heavy atom. The average Bonchev–Trinajstić information content (AvgIpc) is 3.24. The molecule has 5 rings (SSSR count). The Balaban J connectivity index is 1.85. The molecule has 0 bridgehead atoms. The molecule has 3 atom stereocenters. The van der Waals surface area contributed by atoms with E-state index < -0.39 is 0 Å². The summed E-state index contributed by atoms with van der Waals surface area (Å²) in [4.78, 5) is 27.4. The fraction of sp³-hybridized carbons (Fsp3) is 0.429. The molecular formula is C21H22N2O3. The summed E-state index contributed by atoms with van der Waals surface area (Å²) in [6.45, 7) is 2.86. The first-order valence-corrected chi connectivity index (χ1v) is 9.26. The van der Waals surface area contributed by atoms with Crippen LogP contribution in [-0.4, -0.2) is 36.5 Å². The van der Waals surface area contributed by atoms with Gasteiger partial charge in [-0.1, -0.05) is 31.2 Å². The van der Waals surface area contributed by atoms with Crippen molar-refractivity contribution < 1.29 is 14.3 Å². The van der Waals surface area contributed by atoms with Gasteiger partial charge in [0.05, 0.1) is 24.1 Å². The second-order valence-electron chi connectivity index (χ2n) is 7.77. The Morgan fingerprint density at radius 3 is 2.96 bits per heavy atom. The zero-order valence-electron chi connectivity index (χ0n) is 15.0. The summed E-state index contributed by atoms with van der Waals surface area (Å²) in [5, 5.41) is 3.53. The fourth-order valence-corrected chi connectivity index (χ4v) is 5.85. The highest BCUT2D eigenvalue weighted by molar-refractivity contribution is 5.95. The number of amides is 1. The van der Waals surface area contributed by atoms with Crippen molar-refractivity contribution in [2.45, 2.75) is 37.6 Å². The molecule has 0 radical (unpaired) electrons. The monoisotopic (exact) mass is 350 g/mol. The van der Waals surface area contributed by atoms with E-state index in [2.05, 4.69) is 30.4 Å². The molecule has 1 aromatic rings. The third-order valence-corrected chi connectivity index (χ3v) is 6.92. The number of para-hydroxylation sites is 1. The van der Waals surface area contributed by atoms with Gasteiger partial charge < -0.3 is 15.0 Å². The number of esters is 1. The van der Waals surface area contributed by atoms with Crippen molar-refractivity contribution in [1.29, 1.82) is 0 Å². The van der Waals surface area contributed by atoms with Crippen molar-refractivity contribution in [2.24, 2.45) is 5.41 Å². The van der Waals surface area contributed by atoms with Gasteiger partial charge in [-0.05, 0) is 37.0 Å². The largest absolute Gasteiger partial charge is 0.466 e. The molecule has 1 aliphatic carbocycles. The Kier molecular flexibility index (Phi) is 3.01. The quantitative estimate of drug-likeness (QED) is 0.834. The van der Waals surface area contributed by atoms with Crippen LogP contribution >= 0.6 is 0 Å². The molecule has 1 N–H and O–H groups in total. The van der Waals surface area contributed by atoms with E-state index in [1.165, 1.54) is 12.7 Å². The zero-order chi connectivity index (χ0) is 18.1. The van der Waals surface area contributed by atoms with Gasteiger partial charge in [0.2, 0.25) is 5.91 Å². The third kappa shape index (κ3) is 1.62. The van der Waals surface area contributed by atoms with Gasteiger partial charge >= 0.3 is 5.97 Å². The molecular weight excluding hydrogens is 328 g/mol. The Labute approximate surface area is 152 Å². The molecule has 134 valence electrons. The SMILES string of the molecule is CC[C@]12C=CC(=O)N3CC[C@]4(C(=C(C(=O)OC)C1)Nc1ccccc14)[C@@H]32. The summed E-state index contributed by atoms with van der Waals surface area (Å²) in [7, 11) is 1.44. The van der Waals surface area contributed by atoms with Crippen LogP contribution < -0.4 is 5.32 Å². The van der Waals surface area contributed by atoms with Crippen LogP contribution in [0.3, 0.4) is 0 Å². The van der Waals surface area contributed by atoms with Crippen LogP contribution in [0, 0.1) is 5.41 Å². The summed E-state index contributed by atoms with van der Waals surface area (Å²) in [5.74, 6) is -0.184. The first-order valence-electron chi connectivity index (χ1n) is 9.26. The van der Waals surface area contributed by atoms with Crippen LogP contribution in [0.4, 0.5) is 5.69 Å². The lowest BCUT2D eigenvalue weighted by Gasteiger charge is -2.53. The van der Waals surface area contributed by atoms with Gasteiger partial charge in [-0.25, -0.2) is 4.79 Å². The number of carbonyl (C=O) groups is 2. The number of benzene rings is 1. The lowest BCUT2D eigenvalue weighted by molar-refractivity contribution is -0.137. The number of fused-ring (bicyclic) bond motifs is 1. The third-order valence-electron chi connectivity index (χ3n) is 6.92. The highest BCUT2D eigenvalue weighted by Crippen LogP contribution is 2.64. The van der Waals surface area contributed by atoms with Gasteiger partial charge in [-0.3, -0.25) is 4.79 Å². The van der Waals surface area contributed by atoms with Gasteiger partial charge in [-0.15, -0.1) is 0 Å². The van der Waals surface area contributed by atoms with Gasteiger partial charge in [0.15, 0.2) is 0 Å². The van der Waals surface area contributed by atoms with Crippen LogP contribution in [0.15, 0.2) is 47.7 Å². The van der Waals surface area contributed by atoms with Gasteiger partial charge in [-0.2, -0.15) is 0 Å². The molecule has 3 aliphatic heterocycles. The van der Waals surface area contributed by atoms with E-state index in [0.717, 1.165) is 29.8 Å². The number of carbonyl (C=O) groups excluding carboxylic acids is 2. The van der Waals surface area contributed by atoms with Crippen LogP contribution in [0.2, 0.25) is 0 Å². The maximum atomic E-state index is 12.7. The van der Waals surface area contributed by atoms with E-state index in [1.807, 2.05) is 17.0 Å². The number of nitrogens with zero attached hydrogens (tertiary/aromatic N) is 1. The van der Waals surface area contributed by atoms with Crippen molar-refractivity contribution >= 4 is 17.6 Å². The van der Waals surface area contributed by atoms with Crippen molar-refractivity contribution in [3.05, 3.63) is 53.3 Å². The summed E-state index contributed by atoms with van der Waals surface area (Å²) < 4.78 is 5.15. The number of nitrogens with one attached hydrogen (secondary N) is 1. The van der Waals surface area contributed by atoms with Crippen LogP contribution in [0.5, 0.6) is 0 Å². The average molecular weight is 350 g/mol. The maximum Gasteiger partial charge on any atom is 0.335 e. The van der Waals surface area contributed by atoms with Crippen molar-refractivity contribution in [1.82, 2.24) is 4.90 Å². The molecule has 5 heteroatoms. The summed E-state index contributed by atoms with van der Waals surface area (Å²) >= 11 is 0. The molecule has 0 aromatic heterocycles. The highest BCUT2D eigenvalue weighted by Gasteiger charge is 2.66. The number of anilines is 1. The first kappa shape index (κ1) is 15.7. The van der Waals surface area contributed by atoms with E-state index in [4.69, 9.17) is 4.74 Å². The smallest absolute Gasteiger partial charge is 0.335 e. The van der Waals surface area contributed by atoms with Gasteiger partial charge in [0, 0.05) is 23.3 Å². The molecule has 1 spiro atoms. The van der Waals surface area contributed by atoms with Gasteiger partial charge in [0.1, 0.15) is 0 Å². The molecule has 0 unspecified atom stereocenters. The minimum atomic E-state index is -0.352. The van der Waals surface area contributed by atoms with Crippen molar-refractivity contribution in [3.8, 4) is 0 Å². The summed E-state index contributed by atoms with van der Waals surface area (Å²) in [5.41, 5.74) is 3.32. The number of ether oxygens (including phenoxy) is 1. The predicted octanol–water partition coefficient (Wildman–Crippen LogP) is 2.75. The number of hydrogen-bond donors (Lipinski definition) is 1. The second kappa shape index (κ2) is 5.00. The number of methoxy groups -OCH3 is 1. The van der Waals surface area contributed by atoms with Crippen molar-refractivity contribution in [2.75, 3.05) is 19.0 Å². The molecule has 1 amide bonds. The van der Waals surface area contributed by atoms with Crippen LogP contribution in [-0.2, 0) is 19.7 Å². The van der Waals surface area contributed by atoms with E-state index in [0.29, 0.717) is 13.0 Å². The minimum Gasteiger partial charge on any atom is -0.466 e. The Hall–Kier alpha value is -2.56. The minimum absolute atomic E-state index is 0.0389. The molecule has 1 aromatic carbocycles. The molecule has 1 saturated heterocycles. The maximum absolute atomic E-state index is 12.7. The highest BCUT2D eigenvalue weighted by atomic mass is 16.5. The van der Waals surface area contributed by atoms with Crippen molar-refractivity contribution in [3.63, 3.8) is 0 Å². The molecule has 0 saturated carbocycles. The topological polar surface area (TPSA) is 58.6 Å². The normalized spacial score (nSPS) is 33.5. The molecule has 5 nitrogen and oxygen atoms in total. The number of hydrogen-bond acceptors (Lipinski definition) is 4. The van der Waals surface area contributed by atoms with Crippen LogP contribution in [0.25, 0.3) is 0 Å². The second-order valence-corrected chi connectivity index (χ2v) is 7.77. The lowest BCUT2D eigenvalue weighted by atomic mass is 9.55. The molecule has 3 heterocycles. The molecule has 4 aliphatic rings. The zero-order valence-corrected chi connectivity index (χ0v) is 15.0. The number of rotatable bonds is 2. The standard InChI is InChI=1S/C21H22N2O3/c1-3-20-9-8-16(24)23-11-10-21(19(20)23)14-6-4-5-7-15(14)22-17(21)13(12-20)18(25)26-2/h4-9,19,22H,3,10-12H2,1-2H3/t19-,20-,21-/m0/s1. The summed E-state index contributed by atoms with van der Waals surface area (Å²) in [6, 6.07) is 8.28. The Morgan fingerprint density at radius 1 is 1.38 bits per heavy atom. The molecule has 1 fully saturated rings. The molecule has 26 heavy (non-hydrogen) atoms. The van der Waals surface area contributed by atoms with Crippen LogP contribution in [0.1, 0.15) is 31.7 Å². The first-order chi connectivity index (χ1) is 12.6. The summed E-state index contributed by atoms with van der Waals surface area (Å²) in [6.07, 6.45) is 6.05. The Bertz CT molecular complexity index is 902. The van der Waals surface area contributed by atoms with E-state index in [9.17, 15) is 9.59 Å². The van der Waals surface area contributed by atoms with E-state index in [-0.39, 0.29) is 28.7 Å². The predicted molar refractivity (Wildman–Crippen MR) is 97.4 cm³/mol. The van der Waals surface area contributed by atoms with E-state index in [1.54, 1.807) is 6.08 Å². The fourth-order valence-electron chi connectivity index (χ4n) is 5.85. The van der Waals surface area contributed by atoms with E-state index >= 15 is 0 Å².